The Balaban J connectivity index is 1.60. The summed E-state index contributed by atoms with van der Waals surface area (Å²) in [6.45, 7) is 1.70. The third-order valence-corrected chi connectivity index (χ3v) is 4.63. The molecule has 0 bridgehead atoms. The smallest absolute Gasteiger partial charge is 0.361 e. The Morgan fingerprint density at radius 2 is 1.63 bits per heavy atom. The van der Waals surface area contributed by atoms with Gasteiger partial charge in [0.1, 0.15) is 0 Å². The number of methoxy groups -OCH3 is 1. The second-order valence-corrected chi connectivity index (χ2v) is 6.90. The lowest BCUT2D eigenvalue weighted by Gasteiger charge is -2.07. The molecule has 27 heavy (non-hydrogen) atoms. The van der Waals surface area contributed by atoms with Crippen molar-refractivity contribution in [1.29, 1.82) is 0 Å². The Labute approximate surface area is 161 Å². The van der Waals surface area contributed by atoms with E-state index in [4.69, 9.17) is 18.9 Å². The highest BCUT2D eigenvalue weighted by Crippen LogP contribution is 2.43. The maximum Gasteiger partial charge on any atom is 0.361 e. The highest BCUT2D eigenvalue weighted by Gasteiger charge is 2.29. The largest absolute Gasteiger partial charge is 0.504 e. The van der Waals surface area contributed by atoms with Crippen molar-refractivity contribution in [2.24, 2.45) is 0 Å². The zero-order valence-corrected chi connectivity index (χ0v) is 16.5. The molecular weight excluding hydrogens is 348 g/mol. The van der Waals surface area contributed by atoms with Crippen LogP contribution in [-0.2, 0) is 9.47 Å². The van der Waals surface area contributed by atoms with E-state index in [1.54, 1.807) is 0 Å². The number of phenols is 1. The fourth-order valence-corrected chi connectivity index (χ4v) is 3.07. The molecule has 1 aromatic carbocycles. The monoisotopic (exact) mass is 380 g/mol. The molecule has 1 unspecified atom stereocenters. The second-order valence-electron chi connectivity index (χ2n) is 6.90. The van der Waals surface area contributed by atoms with Crippen LogP contribution >= 0.6 is 0 Å². The van der Waals surface area contributed by atoms with Gasteiger partial charge >= 0.3 is 12.4 Å². The van der Waals surface area contributed by atoms with Crippen molar-refractivity contribution < 1.29 is 28.8 Å². The van der Waals surface area contributed by atoms with Gasteiger partial charge in [-0.15, -0.1) is 0 Å². The highest BCUT2D eigenvalue weighted by molar-refractivity contribution is 5.91. The Morgan fingerprint density at radius 1 is 1.00 bits per heavy atom. The lowest BCUT2D eigenvalue weighted by Crippen LogP contribution is -2.19. The van der Waals surface area contributed by atoms with E-state index < -0.39 is 12.4 Å². The number of aromatic hydroxyl groups is 1. The summed E-state index contributed by atoms with van der Waals surface area (Å²) in [5, 5.41) is 9.97. The summed E-state index contributed by atoms with van der Waals surface area (Å²) < 4.78 is 20.8. The van der Waals surface area contributed by atoms with Gasteiger partial charge in [-0.2, -0.15) is 0 Å². The zero-order chi connectivity index (χ0) is 19.5. The summed E-state index contributed by atoms with van der Waals surface area (Å²) in [6.07, 6.45) is 12.3. The molecule has 1 aliphatic heterocycles. The molecule has 0 aromatic heterocycles. The number of unbranched alkanes of at least 4 members (excludes halogenated alkanes) is 9. The van der Waals surface area contributed by atoms with E-state index in [-0.39, 0.29) is 22.8 Å². The molecule has 1 aliphatic rings. The van der Waals surface area contributed by atoms with Crippen LogP contribution < -0.4 is 9.47 Å². The summed E-state index contributed by atoms with van der Waals surface area (Å²) in [6, 6.07) is 2.82. The first-order valence-electron chi connectivity index (χ1n) is 10.1. The molecule has 0 aliphatic carbocycles. The minimum atomic E-state index is -0.913. The van der Waals surface area contributed by atoms with E-state index in [9.17, 15) is 9.90 Å². The average Bonchev–Trinajstić information content (AvgIpc) is 3.10. The standard InChI is InChI=1S/C21H32O6/c1-3-4-5-6-7-8-9-10-11-12-13-25-20(23)16-14-17(22)19-18(15-16)26-21(24-2)27-19/h14-15,21-22H,3-13H2,1-2H3. The van der Waals surface area contributed by atoms with Crippen molar-refractivity contribution in [2.45, 2.75) is 77.6 Å². The number of ether oxygens (including phenoxy) is 4. The number of hydrogen-bond donors (Lipinski definition) is 1. The molecule has 0 radical (unpaired) electrons. The van der Waals surface area contributed by atoms with E-state index in [0.717, 1.165) is 12.8 Å². The predicted molar refractivity (Wildman–Crippen MR) is 102 cm³/mol. The minimum absolute atomic E-state index is 0.169. The van der Waals surface area contributed by atoms with Gasteiger partial charge in [0, 0.05) is 7.11 Å². The Kier molecular flexibility index (Phi) is 9.25. The third kappa shape index (κ3) is 6.94. The van der Waals surface area contributed by atoms with Crippen LogP contribution in [0.15, 0.2) is 12.1 Å². The summed E-state index contributed by atoms with van der Waals surface area (Å²) in [5.74, 6) is -0.202. The van der Waals surface area contributed by atoms with Crippen LogP contribution in [0.4, 0.5) is 0 Å². The fraction of sp³-hybridized carbons (Fsp3) is 0.667. The van der Waals surface area contributed by atoms with Gasteiger partial charge in [0.2, 0.25) is 5.75 Å². The Hall–Kier alpha value is -1.95. The second kappa shape index (κ2) is 11.7. The van der Waals surface area contributed by atoms with E-state index in [1.807, 2.05) is 0 Å². The van der Waals surface area contributed by atoms with Crippen LogP contribution in [0.25, 0.3) is 0 Å². The van der Waals surface area contributed by atoms with Crippen molar-refractivity contribution in [3.8, 4) is 17.2 Å². The molecule has 0 spiro atoms. The highest BCUT2D eigenvalue weighted by atomic mass is 16.9. The molecule has 0 amide bonds. The molecule has 152 valence electrons. The van der Waals surface area contributed by atoms with Crippen molar-refractivity contribution in [3.05, 3.63) is 17.7 Å². The first-order valence-corrected chi connectivity index (χ1v) is 10.1. The number of benzene rings is 1. The molecule has 6 heteroatoms. The van der Waals surface area contributed by atoms with Gasteiger partial charge in [-0.05, 0) is 18.6 Å². The molecule has 0 fully saturated rings. The van der Waals surface area contributed by atoms with Crippen LogP contribution in [0.3, 0.4) is 0 Å². The molecule has 6 nitrogen and oxygen atoms in total. The predicted octanol–water partition coefficient (Wildman–Crippen LogP) is 5.17. The third-order valence-electron chi connectivity index (χ3n) is 4.63. The van der Waals surface area contributed by atoms with E-state index in [0.29, 0.717) is 6.61 Å². The molecule has 2 rings (SSSR count). The molecule has 1 N–H and O–H groups in total. The molecule has 0 saturated carbocycles. The minimum Gasteiger partial charge on any atom is -0.504 e. The number of carbonyl (C=O) groups is 1. The van der Waals surface area contributed by atoms with Gasteiger partial charge in [-0.3, -0.25) is 0 Å². The first kappa shape index (κ1) is 21.4. The molecule has 1 aromatic rings. The molecule has 1 atom stereocenters. The van der Waals surface area contributed by atoms with Crippen molar-refractivity contribution in [1.82, 2.24) is 0 Å². The average molecular weight is 380 g/mol. The Bertz CT molecular complexity index is 586. The quantitative estimate of drug-likeness (QED) is 0.376. The number of carbonyl (C=O) groups excluding carboxylic acids is 1. The van der Waals surface area contributed by atoms with Gasteiger partial charge in [0.05, 0.1) is 12.2 Å². The maximum atomic E-state index is 12.1. The maximum absolute atomic E-state index is 12.1. The summed E-state index contributed by atoms with van der Waals surface area (Å²) in [4.78, 5) is 12.1. The van der Waals surface area contributed by atoms with E-state index in [2.05, 4.69) is 6.92 Å². The fourth-order valence-electron chi connectivity index (χ4n) is 3.07. The van der Waals surface area contributed by atoms with Crippen LogP contribution in [0.2, 0.25) is 0 Å². The van der Waals surface area contributed by atoms with E-state index >= 15 is 0 Å². The van der Waals surface area contributed by atoms with E-state index in [1.165, 1.54) is 70.6 Å². The van der Waals surface area contributed by atoms with Crippen molar-refractivity contribution in [2.75, 3.05) is 13.7 Å². The molecule has 1 heterocycles. The van der Waals surface area contributed by atoms with Crippen LogP contribution in [0.1, 0.15) is 81.5 Å². The lowest BCUT2D eigenvalue weighted by molar-refractivity contribution is -0.158. The van der Waals surface area contributed by atoms with Gasteiger partial charge in [0.25, 0.3) is 0 Å². The molecular formula is C21H32O6. The number of esters is 1. The van der Waals surface area contributed by atoms with Crippen molar-refractivity contribution in [3.63, 3.8) is 0 Å². The lowest BCUT2D eigenvalue weighted by atomic mass is 10.1. The topological polar surface area (TPSA) is 74.2 Å². The number of phenolic OH excluding ortho intramolecular Hbond substituents is 1. The van der Waals surface area contributed by atoms with Crippen LogP contribution in [-0.4, -0.2) is 31.3 Å². The van der Waals surface area contributed by atoms with Crippen LogP contribution in [0, 0.1) is 0 Å². The van der Waals surface area contributed by atoms with Crippen LogP contribution in [0.5, 0.6) is 17.2 Å². The normalized spacial score (nSPS) is 15.1. The molecule has 0 saturated heterocycles. The summed E-state index contributed by atoms with van der Waals surface area (Å²) in [7, 11) is 1.43. The summed E-state index contributed by atoms with van der Waals surface area (Å²) in [5.41, 5.74) is 0.235. The Morgan fingerprint density at radius 3 is 2.26 bits per heavy atom. The number of fused-ring (bicyclic) bond motifs is 1. The number of hydrogen-bond acceptors (Lipinski definition) is 6. The number of rotatable bonds is 13. The van der Waals surface area contributed by atoms with Gasteiger partial charge in [-0.25, -0.2) is 4.79 Å². The van der Waals surface area contributed by atoms with Gasteiger partial charge < -0.3 is 24.1 Å². The van der Waals surface area contributed by atoms with Gasteiger partial charge in [0.15, 0.2) is 11.5 Å². The van der Waals surface area contributed by atoms with Gasteiger partial charge in [-0.1, -0.05) is 64.7 Å². The summed E-state index contributed by atoms with van der Waals surface area (Å²) >= 11 is 0. The van der Waals surface area contributed by atoms with Crippen molar-refractivity contribution >= 4 is 5.97 Å². The zero-order valence-electron chi connectivity index (χ0n) is 16.5. The first-order chi connectivity index (χ1) is 13.2. The SMILES string of the molecule is CCCCCCCCCCCCOC(=O)c1cc(O)c2c(c1)OC(OC)O2.